The molecule has 4 nitrogen and oxygen atoms in total. The number of carbonyl (C=O) groups excluding carboxylic acids is 1. The number of nitrogens with zero attached hydrogens (tertiary/aromatic N) is 1. The fourth-order valence-corrected chi connectivity index (χ4v) is 4.40. The van der Waals surface area contributed by atoms with Gasteiger partial charge in [-0.3, -0.25) is 4.79 Å². The molecule has 0 aromatic heterocycles. The van der Waals surface area contributed by atoms with Gasteiger partial charge in [0.15, 0.2) is 23.1 Å². The molecule has 0 N–H and O–H groups in total. The number of carbonyl (C=O) groups is 1. The molecule has 1 atom stereocenters. The SMILES string of the molecule is O=C(CSc1ccc(F)c(F)c1)N1CCC[C@@H]1c1ccc2c(c1)OCCCO2. The summed E-state index contributed by atoms with van der Waals surface area (Å²) in [6, 6.07) is 9.56. The third kappa shape index (κ3) is 4.09. The molecular weight excluding hydrogens is 384 g/mol. The fourth-order valence-electron chi connectivity index (χ4n) is 3.59. The van der Waals surface area contributed by atoms with E-state index in [1.165, 1.54) is 17.8 Å². The molecule has 2 aromatic rings. The van der Waals surface area contributed by atoms with Gasteiger partial charge in [-0.15, -0.1) is 11.8 Å². The number of amides is 1. The summed E-state index contributed by atoms with van der Waals surface area (Å²) in [5.74, 6) is -0.138. The van der Waals surface area contributed by atoms with Gasteiger partial charge in [0.1, 0.15) is 0 Å². The standard InChI is InChI=1S/C21H21F2NO3S/c22-16-6-5-15(12-17(16)23)28-13-21(25)24-8-1-3-18(24)14-4-7-19-20(11-14)27-10-2-9-26-19/h4-7,11-12,18H,1-3,8-10,13H2/t18-/m1/s1. The molecule has 1 fully saturated rings. The quantitative estimate of drug-likeness (QED) is 0.698. The van der Waals surface area contributed by atoms with E-state index in [0.717, 1.165) is 48.5 Å². The lowest BCUT2D eigenvalue weighted by Crippen LogP contribution is -2.32. The smallest absolute Gasteiger partial charge is 0.233 e. The van der Waals surface area contributed by atoms with E-state index >= 15 is 0 Å². The summed E-state index contributed by atoms with van der Waals surface area (Å²) in [5.41, 5.74) is 1.04. The summed E-state index contributed by atoms with van der Waals surface area (Å²) in [7, 11) is 0. The van der Waals surface area contributed by atoms with Crippen LogP contribution in [0.3, 0.4) is 0 Å². The van der Waals surface area contributed by atoms with E-state index in [1.807, 2.05) is 23.1 Å². The van der Waals surface area contributed by atoms with Crippen LogP contribution in [0.5, 0.6) is 11.5 Å². The molecule has 0 spiro atoms. The molecule has 2 aliphatic rings. The predicted molar refractivity (Wildman–Crippen MR) is 103 cm³/mol. The molecule has 28 heavy (non-hydrogen) atoms. The Morgan fingerprint density at radius 1 is 1.04 bits per heavy atom. The minimum atomic E-state index is -0.899. The maximum Gasteiger partial charge on any atom is 0.233 e. The van der Waals surface area contributed by atoms with Gasteiger partial charge in [-0.1, -0.05) is 6.07 Å². The van der Waals surface area contributed by atoms with Crippen molar-refractivity contribution < 1.29 is 23.0 Å². The van der Waals surface area contributed by atoms with Crippen molar-refractivity contribution in [1.82, 2.24) is 4.90 Å². The molecule has 0 aliphatic carbocycles. The molecule has 7 heteroatoms. The molecule has 1 saturated heterocycles. The Morgan fingerprint density at radius 2 is 1.86 bits per heavy atom. The molecule has 0 saturated carbocycles. The van der Waals surface area contributed by atoms with Crippen LogP contribution in [-0.2, 0) is 4.79 Å². The van der Waals surface area contributed by atoms with Crippen LogP contribution in [0.4, 0.5) is 8.78 Å². The maximum absolute atomic E-state index is 13.3. The van der Waals surface area contributed by atoms with Crippen molar-refractivity contribution in [2.45, 2.75) is 30.2 Å². The average molecular weight is 405 g/mol. The highest BCUT2D eigenvalue weighted by Gasteiger charge is 2.30. The van der Waals surface area contributed by atoms with Gasteiger partial charge >= 0.3 is 0 Å². The summed E-state index contributed by atoms with van der Waals surface area (Å²) in [6.45, 7) is 1.95. The molecule has 0 bridgehead atoms. The number of rotatable bonds is 4. The monoisotopic (exact) mass is 405 g/mol. The van der Waals surface area contributed by atoms with Crippen molar-refractivity contribution >= 4 is 17.7 Å². The van der Waals surface area contributed by atoms with Gasteiger partial charge in [-0.25, -0.2) is 8.78 Å². The molecule has 4 rings (SSSR count). The summed E-state index contributed by atoms with van der Waals surface area (Å²) in [5, 5.41) is 0. The van der Waals surface area contributed by atoms with E-state index < -0.39 is 11.6 Å². The largest absolute Gasteiger partial charge is 0.490 e. The number of thioether (sulfide) groups is 1. The first-order chi connectivity index (χ1) is 13.6. The Bertz CT molecular complexity index is 877. The van der Waals surface area contributed by atoms with E-state index in [9.17, 15) is 13.6 Å². The van der Waals surface area contributed by atoms with Crippen LogP contribution in [0.25, 0.3) is 0 Å². The van der Waals surface area contributed by atoms with Crippen LogP contribution in [-0.4, -0.2) is 36.3 Å². The van der Waals surface area contributed by atoms with Crippen molar-refractivity contribution in [3.05, 3.63) is 53.6 Å². The maximum atomic E-state index is 13.3. The van der Waals surface area contributed by atoms with Crippen LogP contribution < -0.4 is 9.47 Å². The van der Waals surface area contributed by atoms with Gasteiger partial charge in [0.2, 0.25) is 5.91 Å². The number of ether oxygens (including phenoxy) is 2. The zero-order chi connectivity index (χ0) is 19.5. The van der Waals surface area contributed by atoms with Crippen LogP contribution in [0.2, 0.25) is 0 Å². The van der Waals surface area contributed by atoms with E-state index in [4.69, 9.17) is 9.47 Å². The number of likely N-dealkylation sites (tertiary alicyclic amines) is 1. The van der Waals surface area contributed by atoms with Crippen LogP contribution in [0, 0.1) is 11.6 Å². The number of hydrogen-bond acceptors (Lipinski definition) is 4. The van der Waals surface area contributed by atoms with E-state index in [0.29, 0.717) is 24.7 Å². The van der Waals surface area contributed by atoms with E-state index in [1.54, 1.807) is 0 Å². The number of fused-ring (bicyclic) bond motifs is 1. The summed E-state index contributed by atoms with van der Waals surface area (Å²) in [4.78, 5) is 15.2. The lowest BCUT2D eigenvalue weighted by molar-refractivity contribution is -0.129. The van der Waals surface area contributed by atoms with Crippen LogP contribution in [0.15, 0.2) is 41.3 Å². The molecule has 2 heterocycles. The van der Waals surface area contributed by atoms with Crippen molar-refractivity contribution in [2.75, 3.05) is 25.5 Å². The van der Waals surface area contributed by atoms with Gasteiger partial charge < -0.3 is 14.4 Å². The van der Waals surface area contributed by atoms with Crippen molar-refractivity contribution in [1.29, 1.82) is 0 Å². The number of benzene rings is 2. The van der Waals surface area contributed by atoms with Crippen LogP contribution >= 0.6 is 11.8 Å². The van der Waals surface area contributed by atoms with Crippen LogP contribution in [0.1, 0.15) is 30.9 Å². The highest BCUT2D eigenvalue weighted by atomic mass is 32.2. The Hall–Kier alpha value is -2.28. The Kier molecular flexibility index (Phi) is 5.71. The highest BCUT2D eigenvalue weighted by Crippen LogP contribution is 2.38. The lowest BCUT2D eigenvalue weighted by atomic mass is 10.0. The Balaban J connectivity index is 1.44. The first-order valence-electron chi connectivity index (χ1n) is 9.39. The molecule has 1 amide bonds. The second-order valence-corrected chi connectivity index (χ2v) is 7.92. The third-order valence-corrected chi connectivity index (χ3v) is 5.96. The summed E-state index contributed by atoms with van der Waals surface area (Å²) in [6.07, 6.45) is 2.67. The first-order valence-corrected chi connectivity index (χ1v) is 10.4. The summed E-state index contributed by atoms with van der Waals surface area (Å²) < 4.78 is 37.8. The summed E-state index contributed by atoms with van der Waals surface area (Å²) >= 11 is 1.22. The number of hydrogen-bond donors (Lipinski definition) is 0. The topological polar surface area (TPSA) is 38.8 Å². The molecule has 0 unspecified atom stereocenters. The molecule has 148 valence electrons. The van der Waals surface area contributed by atoms with E-state index in [2.05, 4.69) is 0 Å². The normalized spacial score (nSPS) is 18.8. The van der Waals surface area contributed by atoms with Crippen molar-refractivity contribution in [3.8, 4) is 11.5 Å². The fraction of sp³-hybridized carbons (Fsp3) is 0.381. The zero-order valence-electron chi connectivity index (χ0n) is 15.3. The van der Waals surface area contributed by atoms with Gasteiger partial charge in [-0.05, 0) is 48.7 Å². The highest BCUT2D eigenvalue weighted by molar-refractivity contribution is 8.00. The van der Waals surface area contributed by atoms with Crippen molar-refractivity contribution in [3.63, 3.8) is 0 Å². The Morgan fingerprint density at radius 3 is 2.68 bits per heavy atom. The van der Waals surface area contributed by atoms with Crippen molar-refractivity contribution in [2.24, 2.45) is 0 Å². The van der Waals surface area contributed by atoms with Gasteiger partial charge in [-0.2, -0.15) is 0 Å². The predicted octanol–water partition coefficient (Wildman–Crippen LogP) is 4.58. The molecular formula is C21H21F2NO3S. The molecule has 2 aromatic carbocycles. The lowest BCUT2D eigenvalue weighted by Gasteiger charge is -2.25. The first kappa shape index (κ1) is 19.1. The van der Waals surface area contributed by atoms with Gasteiger partial charge in [0.25, 0.3) is 0 Å². The van der Waals surface area contributed by atoms with E-state index in [-0.39, 0.29) is 17.7 Å². The van der Waals surface area contributed by atoms with Gasteiger partial charge in [0, 0.05) is 17.9 Å². The second kappa shape index (κ2) is 8.39. The number of halogens is 2. The molecule has 2 aliphatic heterocycles. The molecule has 0 radical (unpaired) electrons. The average Bonchev–Trinajstić information content (AvgIpc) is 3.07. The third-order valence-electron chi connectivity index (χ3n) is 4.98. The minimum absolute atomic E-state index is 0.00444. The second-order valence-electron chi connectivity index (χ2n) is 6.87. The minimum Gasteiger partial charge on any atom is -0.490 e. The Labute approximate surface area is 166 Å². The zero-order valence-corrected chi connectivity index (χ0v) is 16.1. The van der Waals surface area contributed by atoms with Gasteiger partial charge in [0.05, 0.1) is 25.0 Å².